The van der Waals surface area contributed by atoms with Gasteiger partial charge in [-0.1, -0.05) is 35.3 Å². The first-order valence-corrected chi connectivity index (χ1v) is 13.6. The molecular weight excluding hydrogens is 572 g/mol. The van der Waals surface area contributed by atoms with E-state index in [9.17, 15) is 14.7 Å². The molecule has 4 aromatic rings. The lowest BCUT2D eigenvalue weighted by Crippen LogP contribution is -2.48. The third-order valence-electron chi connectivity index (χ3n) is 7.60. The molecule has 9 nitrogen and oxygen atoms in total. The van der Waals surface area contributed by atoms with Gasteiger partial charge in [-0.3, -0.25) is 19.2 Å². The highest BCUT2D eigenvalue weighted by Gasteiger charge is 2.56. The molecule has 0 spiro atoms. The number of rotatable bonds is 9. The van der Waals surface area contributed by atoms with Crippen molar-refractivity contribution in [2.24, 2.45) is 12.5 Å². The predicted octanol–water partition coefficient (Wildman–Crippen LogP) is 4.53. The molecule has 2 aromatic heterocycles. The SMILES string of the molecule is Cn1cc(C(=O)c2cc(F)c3c(c2)C(=O)N(Cc2ncc(Cl)cn2)[C@@]3(OCC2(CO)CC2)c2ccc(Cl)cc2)cn1. The first-order chi connectivity index (χ1) is 19.7. The Morgan fingerprint density at radius 3 is 2.39 bits per heavy atom. The van der Waals surface area contributed by atoms with Crippen molar-refractivity contribution in [3.05, 3.63) is 111 Å². The Kier molecular flexibility index (Phi) is 6.89. The summed E-state index contributed by atoms with van der Waals surface area (Å²) in [6.45, 7) is -0.233. The Labute approximate surface area is 244 Å². The Balaban J connectivity index is 1.55. The van der Waals surface area contributed by atoms with Gasteiger partial charge in [0, 0.05) is 47.2 Å². The quantitative estimate of drug-likeness (QED) is 0.283. The highest BCUT2D eigenvalue weighted by Crippen LogP contribution is 2.52. The topological polar surface area (TPSA) is 110 Å². The number of aliphatic hydroxyl groups is 1. The van der Waals surface area contributed by atoms with Crippen molar-refractivity contribution in [1.29, 1.82) is 0 Å². The van der Waals surface area contributed by atoms with Crippen LogP contribution in [0.1, 0.15) is 56.1 Å². The zero-order valence-corrected chi connectivity index (χ0v) is 23.4. The second-order valence-electron chi connectivity index (χ2n) is 10.4. The summed E-state index contributed by atoms with van der Waals surface area (Å²) in [4.78, 5) is 37.3. The summed E-state index contributed by atoms with van der Waals surface area (Å²) in [5.74, 6) is -1.62. The van der Waals surface area contributed by atoms with Gasteiger partial charge in [-0.15, -0.1) is 0 Å². The average Bonchev–Trinajstić information content (AvgIpc) is 3.56. The number of aliphatic hydroxyl groups excluding tert-OH is 1. The summed E-state index contributed by atoms with van der Waals surface area (Å²) in [6.07, 6.45) is 7.15. The molecule has 1 atom stereocenters. The van der Waals surface area contributed by atoms with E-state index in [0.29, 0.717) is 15.6 Å². The van der Waals surface area contributed by atoms with Gasteiger partial charge in [0.15, 0.2) is 11.5 Å². The third kappa shape index (κ3) is 4.80. The molecule has 210 valence electrons. The number of carbonyl (C=O) groups is 2. The van der Waals surface area contributed by atoms with Gasteiger partial charge in [0.2, 0.25) is 0 Å². The number of aryl methyl sites for hydroxylation is 1. The molecule has 0 radical (unpaired) electrons. The zero-order chi connectivity index (χ0) is 28.9. The second-order valence-corrected chi connectivity index (χ2v) is 11.3. The van der Waals surface area contributed by atoms with Crippen LogP contribution >= 0.6 is 23.2 Å². The number of nitrogens with zero attached hydrogens (tertiary/aromatic N) is 5. The Hall–Kier alpha value is -3.70. The van der Waals surface area contributed by atoms with E-state index in [2.05, 4.69) is 15.1 Å². The summed E-state index contributed by atoms with van der Waals surface area (Å²) < 4.78 is 24.4. The maximum Gasteiger partial charge on any atom is 0.257 e. The highest BCUT2D eigenvalue weighted by molar-refractivity contribution is 6.30. The number of ether oxygens (including phenoxy) is 1. The van der Waals surface area contributed by atoms with Crippen LogP contribution < -0.4 is 0 Å². The van der Waals surface area contributed by atoms with Crippen molar-refractivity contribution in [3.63, 3.8) is 0 Å². The van der Waals surface area contributed by atoms with Gasteiger partial charge in [0.1, 0.15) is 11.6 Å². The molecule has 1 aliphatic carbocycles. The number of carbonyl (C=O) groups excluding carboxylic acids is 2. The van der Waals surface area contributed by atoms with Crippen molar-refractivity contribution in [1.82, 2.24) is 24.6 Å². The fraction of sp³-hybridized carbons (Fsp3) is 0.276. The molecule has 0 unspecified atom stereocenters. The first kappa shape index (κ1) is 27.5. The van der Waals surface area contributed by atoms with Gasteiger partial charge < -0.3 is 9.84 Å². The minimum absolute atomic E-state index is 0.00813. The average molecular weight is 596 g/mol. The van der Waals surface area contributed by atoms with E-state index in [0.717, 1.165) is 18.9 Å². The summed E-state index contributed by atoms with van der Waals surface area (Å²) in [7, 11) is 1.66. The molecule has 0 saturated heterocycles. The lowest BCUT2D eigenvalue weighted by atomic mass is 9.90. The first-order valence-electron chi connectivity index (χ1n) is 12.8. The van der Waals surface area contributed by atoms with Crippen LogP contribution in [0.15, 0.2) is 61.2 Å². The smallest absolute Gasteiger partial charge is 0.257 e. The number of ketones is 1. The Morgan fingerprint density at radius 1 is 1.07 bits per heavy atom. The lowest BCUT2D eigenvalue weighted by Gasteiger charge is -2.40. The van der Waals surface area contributed by atoms with E-state index in [4.69, 9.17) is 27.9 Å². The van der Waals surface area contributed by atoms with Gasteiger partial charge in [0.25, 0.3) is 5.91 Å². The monoisotopic (exact) mass is 595 g/mol. The zero-order valence-electron chi connectivity index (χ0n) is 21.9. The summed E-state index contributed by atoms with van der Waals surface area (Å²) >= 11 is 12.2. The third-order valence-corrected chi connectivity index (χ3v) is 8.05. The van der Waals surface area contributed by atoms with Gasteiger partial charge in [-0.2, -0.15) is 5.10 Å². The molecular formula is C29H24Cl2FN5O4. The van der Waals surface area contributed by atoms with Crippen molar-refractivity contribution < 1.29 is 23.8 Å². The van der Waals surface area contributed by atoms with Crippen molar-refractivity contribution in [3.8, 4) is 0 Å². The minimum Gasteiger partial charge on any atom is -0.396 e. The molecule has 3 heterocycles. The summed E-state index contributed by atoms with van der Waals surface area (Å²) in [5.41, 5.74) is -1.67. The second kappa shape index (κ2) is 10.3. The van der Waals surface area contributed by atoms with Crippen LogP contribution in [0.3, 0.4) is 0 Å². The van der Waals surface area contributed by atoms with E-state index >= 15 is 4.39 Å². The highest BCUT2D eigenvalue weighted by atomic mass is 35.5. The van der Waals surface area contributed by atoms with E-state index in [1.807, 2.05) is 0 Å². The van der Waals surface area contributed by atoms with E-state index in [-0.39, 0.29) is 47.8 Å². The van der Waals surface area contributed by atoms with Crippen LogP contribution in [0.2, 0.25) is 10.0 Å². The molecule has 1 fully saturated rings. The van der Waals surface area contributed by atoms with Crippen LogP contribution in [0, 0.1) is 11.2 Å². The molecule has 1 saturated carbocycles. The largest absolute Gasteiger partial charge is 0.396 e. The molecule has 2 aliphatic rings. The number of amides is 1. The molecule has 2 aromatic carbocycles. The number of hydrogen-bond acceptors (Lipinski definition) is 7. The maximum absolute atomic E-state index is 16.4. The fourth-order valence-electron chi connectivity index (χ4n) is 5.12. The van der Waals surface area contributed by atoms with Crippen LogP contribution in [-0.4, -0.2) is 54.7 Å². The number of halogens is 3. The fourth-order valence-corrected chi connectivity index (χ4v) is 5.34. The molecule has 1 aliphatic heterocycles. The van der Waals surface area contributed by atoms with Crippen molar-refractivity contribution in [2.45, 2.75) is 25.1 Å². The maximum atomic E-state index is 16.4. The van der Waals surface area contributed by atoms with Gasteiger partial charge in [-0.05, 0) is 37.1 Å². The van der Waals surface area contributed by atoms with Gasteiger partial charge >= 0.3 is 0 Å². The number of fused-ring (bicyclic) bond motifs is 1. The van der Waals surface area contributed by atoms with Crippen molar-refractivity contribution >= 4 is 34.9 Å². The van der Waals surface area contributed by atoms with E-state index in [1.54, 1.807) is 31.3 Å². The van der Waals surface area contributed by atoms with E-state index < -0.39 is 28.6 Å². The van der Waals surface area contributed by atoms with Gasteiger partial charge in [-0.25, -0.2) is 14.4 Å². The Bertz CT molecular complexity index is 1660. The lowest BCUT2D eigenvalue weighted by molar-refractivity contribution is -0.131. The van der Waals surface area contributed by atoms with Crippen LogP contribution in [0.4, 0.5) is 4.39 Å². The Morgan fingerprint density at radius 2 is 1.78 bits per heavy atom. The molecule has 6 rings (SSSR count). The molecule has 0 bridgehead atoms. The molecule has 12 heteroatoms. The molecule has 1 amide bonds. The van der Waals surface area contributed by atoms with Crippen LogP contribution in [0.25, 0.3) is 0 Å². The standard InChI is InChI=1S/C29H24Cl2FN5O4/c1-36-13-18(10-35-36)26(39)17-8-22-25(23(32)9-17)29(19-2-4-20(30)5-3-19,41-16-28(15-38)6-7-28)37(27(22)40)14-24-33-11-21(31)12-34-24/h2-5,8-13,38H,6-7,14-16H2,1H3/t29-/m1/s1. The molecule has 1 N–H and O–H groups in total. The predicted molar refractivity (Wildman–Crippen MR) is 147 cm³/mol. The van der Waals surface area contributed by atoms with Crippen molar-refractivity contribution in [2.75, 3.05) is 13.2 Å². The minimum atomic E-state index is -1.77. The van der Waals surface area contributed by atoms with Crippen LogP contribution in [0.5, 0.6) is 0 Å². The summed E-state index contributed by atoms with van der Waals surface area (Å²) in [5, 5.41) is 14.8. The number of hydrogen-bond donors (Lipinski definition) is 1. The molecule has 41 heavy (non-hydrogen) atoms. The van der Waals surface area contributed by atoms with Gasteiger partial charge in [0.05, 0.1) is 47.7 Å². The number of aromatic nitrogens is 4. The van der Waals surface area contributed by atoms with E-state index in [1.165, 1.54) is 40.4 Å². The normalized spacial score (nSPS) is 19.0. The number of benzene rings is 2. The summed E-state index contributed by atoms with van der Waals surface area (Å²) in [6, 6.07) is 9.06. The van der Waals surface area contributed by atoms with Crippen LogP contribution in [-0.2, 0) is 24.1 Å².